The number of sulfonamides is 2. The first-order chi connectivity index (χ1) is 35.8. The number of benzene rings is 4. The zero-order valence-electron chi connectivity index (χ0n) is 41.4. The molecule has 5 heterocycles. The van der Waals surface area contributed by atoms with Crippen molar-refractivity contribution in [3.63, 3.8) is 0 Å². The fourth-order valence-electron chi connectivity index (χ4n) is 8.62. The lowest BCUT2D eigenvalue weighted by Gasteiger charge is -2.28. The zero-order valence-corrected chi connectivity index (χ0v) is 43.8. The third-order valence-electron chi connectivity index (χ3n) is 12.7. The molecule has 4 aromatic carbocycles. The van der Waals surface area contributed by atoms with Crippen LogP contribution in [0.2, 0.25) is 5.02 Å². The Morgan fingerprint density at radius 3 is 2.16 bits per heavy atom. The van der Waals surface area contributed by atoms with Crippen molar-refractivity contribution < 1.29 is 39.5 Å². The molecule has 9 rings (SSSR count). The molecule has 1 aliphatic heterocycles. The van der Waals surface area contributed by atoms with E-state index in [-0.39, 0.29) is 40.9 Å². The van der Waals surface area contributed by atoms with Gasteiger partial charge in [-0.25, -0.2) is 45.0 Å². The van der Waals surface area contributed by atoms with Crippen LogP contribution in [0.3, 0.4) is 0 Å². The predicted molar refractivity (Wildman–Crippen MR) is 280 cm³/mol. The molecule has 0 amide bonds. The Bertz CT molecular complexity index is 3630. The van der Waals surface area contributed by atoms with Crippen molar-refractivity contribution in [1.82, 2.24) is 50.1 Å². The molecule has 0 bridgehead atoms. The van der Waals surface area contributed by atoms with Crippen LogP contribution < -0.4 is 24.2 Å². The molecule has 1 fully saturated rings. The molecule has 2 atom stereocenters. The maximum absolute atomic E-state index is 14.8. The van der Waals surface area contributed by atoms with Gasteiger partial charge in [0, 0.05) is 58.9 Å². The Labute approximate surface area is 435 Å². The molecule has 4 aromatic heterocycles. The summed E-state index contributed by atoms with van der Waals surface area (Å²) in [4.78, 5) is 21.9. The average Bonchev–Trinajstić information content (AvgIpc) is 3.85. The number of hydrogen-bond donors (Lipinski definition) is 5. The number of anilines is 3. The third kappa shape index (κ3) is 12.0. The summed E-state index contributed by atoms with van der Waals surface area (Å²) >= 11 is 5.94. The molecular weight excluding hydrogens is 1040 g/mol. The van der Waals surface area contributed by atoms with Crippen molar-refractivity contribution in [2.75, 3.05) is 61.6 Å². The van der Waals surface area contributed by atoms with Crippen molar-refractivity contribution in [3.8, 4) is 34.4 Å². The number of aryl methyl sites for hydroxylation is 2. The summed E-state index contributed by atoms with van der Waals surface area (Å²) in [5.41, 5.74) is 3.52. The van der Waals surface area contributed by atoms with Crippen LogP contribution in [0.25, 0.3) is 44.8 Å². The number of likely N-dealkylation sites (tertiary alicyclic amines) is 1. The molecule has 75 heavy (non-hydrogen) atoms. The van der Waals surface area contributed by atoms with E-state index in [0.717, 1.165) is 67.0 Å². The molecule has 394 valence electrons. The fraction of sp³-hybridized carbons (Fsp3) is 0.320. The molecule has 8 aromatic rings. The summed E-state index contributed by atoms with van der Waals surface area (Å²) in [6.07, 6.45) is 2.48. The van der Waals surface area contributed by atoms with E-state index in [2.05, 4.69) is 52.0 Å². The number of nitrogens with zero attached hydrogens (tertiary/aromatic N) is 8. The Hall–Kier alpha value is -7.12. The second kappa shape index (κ2) is 22.0. The normalized spacial score (nSPS) is 15.0. The number of halogens is 4. The van der Waals surface area contributed by atoms with Gasteiger partial charge in [0.1, 0.15) is 50.3 Å². The molecule has 25 heteroatoms. The minimum absolute atomic E-state index is 0.00310. The van der Waals surface area contributed by atoms with Crippen LogP contribution in [-0.4, -0.2) is 126 Å². The van der Waals surface area contributed by atoms with Gasteiger partial charge in [-0.3, -0.25) is 19.6 Å². The first-order valence-electron chi connectivity index (χ1n) is 23.9. The number of nitrogens with one attached hydrogen (secondary N) is 5. The lowest BCUT2D eigenvalue weighted by molar-refractivity contribution is 0.157. The fourth-order valence-corrected chi connectivity index (χ4v) is 11.2. The minimum Gasteiger partial charge on any atom is -0.491 e. The molecule has 0 radical (unpaired) electrons. The highest BCUT2D eigenvalue weighted by Gasteiger charge is 2.27. The van der Waals surface area contributed by atoms with E-state index in [1.165, 1.54) is 24.3 Å². The number of likely N-dealkylation sites (N-methyl/N-ethyl adjacent to an activating group) is 1. The number of ether oxygens (including phenoxy) is 2. The second-order valence-corrected chi connectivity index (χ2v) is 22.2. The van der Waals surface area contributed by atoms with Crippen LogP contribution in [0.1, 0.15) is 44.0 Å². The number of fused-ring (bicyclic) bond motifs is 2. The number of aromatic nitrogens is 8. The van der Waals surface area contributed by atoms with Gasteiger partial charge in [0.25, 0.3) is 20.0 Å². The Morgan fingerprint density at radius 1 is 0.773 bits per heavy atom. The van der Waals surface area contributed by atoms with E-state index in [9.17, 15) is 30.0 Å². The molecule has 0 aliphatic carbocycles. The molecule has 2 unspecified atom stereocenters. The summed E-state index contributed by atoms with van der Waals surface area (Å²) in [6, 6.07) is 16.5. The smallest absolute Gasteiger partial charge is 0.265 e. The quantitative estimate of drug-likeness (QED) is 0.0509. The first kappa shape index (κ1) is 52.7. The van der Waals surface area contributed by atoms with Crippen LogP contribution in [0, 0.1) is 31.3 Å². The number of hydrogen-bond acceptors (Lipinski definition) is 15. The van der Waals surface area contributed by atoms with E-state index in [1.54, 1.807) is 24.3 Å². The highest BCUT2D eigenvalue weighted by atomic mass is 35.5. The van der Waals surface area contributed by atoms with E-state index < -0.39 is 47.3 Å². The summed E-state index contributed by atoms with van der Waals surface area (Å²) in [6.45, 7) is 8.70. The minimum atomic E-state index is -4.62. The second-order valence-electron chi connectivity index (χ2n) is 18.4. The molecule has 5 N–H and O–H groups in total. The highest BCUT2D eigenvalue weighted by molar-refractivity contribution is 7.93. The van der Waals surface area contributed by atoms with E-state index in [0.29, 0.717) is 83.2 Å². The summed E-state index contributed by atoms with van der Waals surface area (Å²) < 4.78 is 114. The van der Waals surface area contributed by atoms with Crippen LogP contribution in [0.4, 0.5) is 30.4 Å². The summed E-state index contributed by atoms with van der Waals surface area (Å²) in [5, 5.41) is 19.5. The van der Waals surface area contributed by atoms with Crippen LogP contribution in [0.5, 0.6) is 11.6 Å². The monoisotopic (exact) mass is 1090 g/mol. The van der Waals surface area contributed by atoms with E-state index in [4.69, 9.17) is 36.0 Å². The summed E-state index contributed by atoms with van der Waals surface area (Å²) in [7, 11) is -4.99. The van der Waals surface area contributed by atoms with Crippen molar-refractivity contribution in [2.24, 2.45) is 0 Å². The largest absolute Gasteiger partial charge is 0.491 e. The van der Waals surface area contributed by atoms with Crippen molar-refractivity contribution in [3.05, 3.63) is 113 Å². The Balaban J connectivity index is 0.889. The predicted octanol–water partition coefficient (Wildman–Crippen LogP) is 8.71. The van der Waals surface area contributed by atoms with Gasteiger partial charge in [0.05, 0.1) is 17.7 Å². The maximum Gasteiger partial charge on any atom is 0.265 e. The Morgan fingerprint density at radius 2 is 1.43 bits per heavy atom. The lowest BCUT2D eigenvalue weighted by atomic mass is 10.1. The summed E-state index contributed by atoms with van der Waals surface area (Å²) in [5.74, 6) is -1.37. The van der Waals surface area contributed by atoms with Gasteiger partial charge in [-0.1, -0.05) is 11.6 Å². The average molecular weight is 1090 g/mol. The van der Waals surface area contributed by atoms with E-state index >= 15 is 0 Å². The van der Waals surface area contributed by atoms with Crippen molar-refractivity contribution >= 4 is 70.9 Å². The lowest BCUT2D eigenvalue weighted by Crippen LogP contribution is -2.35. The van der Waals surface area contributed by atoms with Crippen LogP contribution in [0.15, 0.2) is 88.7 Å². The third-order valence-corrected chi connectivity index (χ3v) is 15.7. The van der Waals surface area contributed by atoms with Gasteiger partial charge in [-0.15, -0.1) is 0 Å². The van der Waals surface area contributed by atoms with Gasteiger partial charge in [0.15, 0.2) is 22.9 Å². The topological polar surface area (TPSA) is 238 Å². The Kier molecular flexibility index (Phi) is 15.5. The van der Waals surface area contributed by atoms with E-state index in [1.807, 2.05) is 32.8 Å². The first-order valence-corrected chi connectivity index (χ1v) is 27.2. The zero-order chi connectivity index (χ0) is 53.2. The van der Waals surface area contributed by atoms with Gasteiger partial charge in [-0.05, 0) is 146 Å². The van der Waals surface area contributed by atoms with Gasteiger partial charge >= 0.3 is 0 Å². The van der Waals surface area contributed by atoms with Crippen molar-refractivity contribution in [2.45, 2.75) is 68.4 Å². The van der Waals surface area contributed by atoms with Gasteiger partial charge < -0.3 is 24.6 Å². The number of H-pyrrole nitrogens is 2. The molecule has 0 spiro atoms. The highest BCUT2D eigenvalue weighted by Crippen LogP contribution is 2.36. The van der Waals surface area contributed by atoms with Gasteiger partial charge in [-0.2, -0.15) is 15.2 Å². The molecular formula is C50H53ClF3N13O6S2. The van der Waals surface area contributed by atoms with Crippen LogP contribution in [-0.2, 0) is 20.0 Å². The molecule has 1 saturated heterocycles. The maximum atomic E-state index is 14.8. The standard InChI is InChI=1S/C50H53ClF3N13O6S2/c1-28(19-24-72-40-25-32(10-17-39(40)65-75(70,71)42-27-34(52)12-16-38(42)54)46-56-47(55-20-23-66(4)5)43-29(2)60-62-48(43)58-46)67-21-6-7-36(18-22-67)73-50-44-30(3)61-63-49(44)57-45(59-50)31-8-13-35(14-9-31)64-74(68,69)41-26-33(51)11-15-37(41)53/h8-17,25-28,36,64-65H,6-7,18-24H2,1-5H3,(H,57,59,61,63)(H2,55,56,58,60,62). The SMILES string of the molecule is Cc1[nH]nc2nc(-c3ccc(NS(=O)(=O)c4cc(F)ccc4F)c(OCCC(C)N4CCCC(Oc5nc(-c6ccc(NS(=O)(=O)c7cc(Cl)ccc7F)cc6)nc6n[nH]c(C)c56)CC4)c3)nc(NCCN(C)C)c12. The number of rotatable bonds is 19. The number of aromatic amines is 2. The van der Waals surface area contributed by atoms with Crippen LogP contribution >= 0.6 is 11.6 Å². The molecule has 0 saturated carbocycles. The van der Waals surface area contributed by atoms with Crippen molar-refractivity contribution in [1.29, 1.82) is 0 Å². The van der Waals surface area contributed by atoms with Gasteiger partial charge in [0.2, 0.25) is 5.88 Å². The molecule has 19 nitrogen and oxygen atoms in total. The molecule has 1 aliphatic rings.